The Bertz CT molecular complexity index is 848. The number of hydrogen-bond donors (Lipinski definition) is 1. The van der Waals surface area contributed by atoms with Gasteiger partial charge in [0.15, 0.2) is 0 Å². The van der Waals surface area contributed by atoms with Gasteiger partial charge in [-0.3, -0.25) is 15.0 Å². The zero-order chi connectivity index (χ0) is 19.8. The van der Waals surface area contributed by atoms with Gasteiger partial charge in [-0.05, 0) is 38.0 Å². The molecule has 1 unspecified atom stereocenters. The molecule has 27 heavy (non-hydrogen) atoms. The SMILES string of the molecule is CC(C)N(NC(=O)c1ccccc1)C1(C(C)C)C(=O)N(C)c2ccccc21. The molecule has 5 nitrogen and oxygen atoms in total. The normalized spacial score (nSPS) is 19.1. The van der Waals surface area contributed by atoms with Crippen molar-refractivity contribution in [3.05, 3.63) is 65.7 Å². The number of benzene rings is 2. The van der Waals surface area contributed by atoms with Gasteiger partial charge in [-0.1, -0.05) is 50.2 Å². The van der Waals surface area contributed by atoms with Crippen LogP contribution in [0.1, 0.15) is 43.6 Å². The summed E-state index contributed by atoms with van der Waals surface area (Å²) in [7, 11) is 1.79. The standard InChI is InChI=1S/C22H27N3O2/c1-15(2)22(18-13-9-10-14-19(18)24(5)21(22)27)25(16(3)4)23-20(26)17-11-7-6-8-12-17/h6-16H,1-5H3,(H,23,26). The predicted molar refractivity (Wildman–Crippen MR) is 107 cm³/mol. The monoisotopic (exact) mass is 365 g/mol. The molecule has 0 fully saturated rings. The Kier molecular flexibility index (Phi) is 5.07. The molecule has 1 heterocycles. The fourth-order valence-electron chi connectivity index (χ4n) is 4.03. The number of hydrogen-bond acceptors (Lipinski definition) is 3. The number of hydrazine groups is 1. The van der Waals surface area contributed by atoms with E-state index in [2.05, 4.69) is 5.43 Å². The molecule has 1 aliphatic rings. The van der Waals surface area contributed by atoms with Gasteiger partial charge in [-0.2, -0.15) is 5.01 Å². The fraction of sp³-hybridized carbons (Fsp3) is 0.364. The molecule has 5 heteroatoms. The van der Waals surface area contributed by atoms with E-state index >= 15 is 0 Å². The molecule has 0 aromatic heterocycles. The van der Waals surface area contributed by atoms with Crippen molar-refractivity contribution in [3.63, 3.8) is 0 Å². The van der Waals surface area contributed by atoms with Crippen molar-refractivity contribution in [1.82, 2.24) is 10.4 Å². The van der Waals surface area contributed by atoms with Gasteiger partial charge < -0.3 is 4.90 Å². The van der Waals surface area contributed by atoms with E-state index in [1.54, 1.807) is 24.1 Å². The van der Waals surface area contributed by atoms with Gasteiger partial charge >= 0.3 is 0 Å². The average molecular weight is 365 g/mol. The van der Waals surface area contributed by atoms with Crippen LogP contribution in [0.2, 0.25) is 0 Å². The number of carbonyl (C=O) groups is 2. The highest BCUT2D eigenvalue weighted by Gasteiger charge is 2.57. The summed E-state index contributed by atoms with van der Waals surface area (Å²) >= 11 is 0. The first kappa shape index (κ1) is 19.1. The molecule has 0 bridgehead atoms. The number of para-hydroxylation sites is 1. The summed E-state index contributed by atoms with van der Waals surface area (Å²) in [5, 5.41) is 1.83. The lowest BCUT2D eigenvalue weighted by Gasteiger charge is -2.45. The lowest BCUT2D eigenvalue weighted by Crippen LogP contribution is -2.64. The molecule has 2 amide bonds. The minimum Gasteiger partial charge on any atom is -0.313 e. The van der Waals surface area contributed by atoms with Gasteiger partial charge in [0.1, 0.15) is 5.54 Å². The number of carbonyl (C=O) groups excluding carboxylic acids is 2. The number of amides is 2. The summed E-state index contributed by atoms with van der Waals surface area (Å²) in [6, 6.07) is 16.8. The highest BCUT2D eigenvalue weighted by atomic mass is 16.2. The smallest absolute Gasteiger partial charge is 0.265 e. The molecule has 0 spiro atoms. The molecule has 0 saturated carbocycles. The molecule has 2 aromatic rings. The number of nitrogens with one attached hydrogen (secondary N) is 1. The summed E-state index contributed by atoms with van der Waals surface area (Å²) in [5.41, 5.74) is 4.46. The molecule has 142 valence electrons. The van der Waals surface area contributed by atoms with Gasteiger partial charge in [-0.15, -0.1) is 0 Å². The van der Waals surface area contributed by atoms with Crippen LogP contribution in [0.25, 0.3) is 0 Å². The first-order chi connectivity index (χ1) is 12.8. The van der Waals surface area contributed by atoms with Crippen LogP contribution in [0.5, 0.6) is 0 Å². The van der Waals surface area contributed by atoms with Crippen molar-refractivity contribution in [1.29, 1.82) is 0 Å². The second-order valence-electron chi connectivity index (χ2n) is 7.57. The van der Waals surface area contributed by atoms with Crippen molar-refractivity contribution in [2.24, 2.45) is 5.92 Å². The topological polar surface area (TPSA) is 52.7 Å². The Balaban J connectivity index is 2.11. The third kappa shape index (κ3) is 2.92. The number of nitrogens with zero attached hydrogens (tertiary/aromatic N) is 2. The number of rotatable bonds is 5. The third-order valence-corrected chi connectivity index (χ3v) is 5.30. The van der Waals surface area contributed by atoms with E-state index in [0.717, 1.165) is 11.3 Å². The van der Waals surface area contributed by atoms with Crippen molar-refractivity contribution in [2.45, 2.75) is 39.3 Å². The van der Waals surface area contributed by atoms with E-state index in [1.807, 2.05) is 75.2 Å². The first-order valence-electron chi connectivity index (χ1n) is 9.34. The van der Waals surface area contributed by atoms with E-state index in [-0.39, 0.29) is 23.8 Å². The summed E-state index contributed by atoms with van der Waals surface area (Å²) in [4.78, 5) is 28.1. The molecule has 1 atom stereocenters. The van der Waals surface area contributed by atoms with E-state index in [0.29, 0.717) is 5.56 Å². The lowest BCUT2D eigenvalue weighted by atomic mass is 9.79. The van der Waals surface area contributed by atoms with Crippen LogP contribution in [0, 0.1) is 5.92 Å². The minimum atomic E-state index is -0.954. The van der Waals surface area contributed by atoms with Crippen molar-refractivity contribution in [2.75, 3.05) is 11.9 Å². The second-order valence-corrected chi connectivity index (χ2v) is 7.57. The third-order valence-electron chi connectivity index (χ3n) is 5.30. The van der Waals surface area contributed by atoms with Gasteiger partial charge in [0, 0.05) is 29.9 Å². The van der Waals surface area contributed by atoms with Crippen LogP contribution >= 0.6 is 0 Å². The molecule has 1 N–H and O–H groups in total. The Morgan fingerprint density at radius 2 is 1.59 bits per heavy atom. The van der Waals surface area contributed by atoms with Crippen LogP contribution in [0.3, 0.4) is 0 Å². The quantitative estimate of drug-likeness (QED) is 0.824. The lowest BCUT2D eigenvalue weighted by molar-refractivity contribution is -0.138. The highest BCUT2D eigenvalue weighted by molar-refractivity contribution is 6.08. The van der Waals surface area contributed by atoms with Crippen LogP contribution < -0.4 is 10.3 Å². The number of anilines is 1. The van der Waals surface area contributed by atoms with Crippen LogP contribution in [-0.4, -0.2) is 29.9 Å². The summed E-state index contributed by atoms with van der Waals surface area (Å²) in [5.74, 6) is -0.292. The largest absolute Gasteiger partial charge is 0.313 e. The predicted octanol–water partition coefficient (Wildman–Crippen LogP) is 3.57. The molecule has 1 aliphatic heterocycles. The van der Waals surface area contributed by atoms with Gasteiger partial charge in [0.2, 0.25) is 0 Å². The number of likely N-dealkylation sites (N-methyl/N-ethyl adjacent to an activating group) is 1. The maximum atomic E-state index is 13.5. The maximum absolute atomic E-state index is 13.5. The van der Waals surface area contributed by atoms with Crippen molar-refractivity contribution >= 4 is 17.5 Å². The summed E-state index contributed by atoms with van der Waals surface area (Å²) < 4.78 is 0. The zero-order valence-corrected chi connectivity index (χ0v) is 16.6. The molecule has 0 radical (unpaired) electrons. The Hall–Kier alpha value is -2.66. The van der Waals surface area contributed by atoms with Gasteiger partial charge in [0.05, 0.1) is 0 Å². The molecule has 3 rings (SSSR count). The second kappa shape index (κ2) is 7.16. The molecular weight excluding hydrogens is 338 g/mol. The Morgan fingerprint density at radius 3 is 2.19 bits per heavy atom. The van der Waals surface area contributed by atoms with Crippen LogP contribution in [0.15, 0.2) is 54.6 Å². The van der Waals surface area contributed by atoms with Gasteiger partial charge in [0.25, 0.3) is 11.8 Å². The van der Waals surface area contributed by atoms with E-state index < -0.39 is 5.54 Å². The maximum Gasteiger partial charge on any atom is 0.265 e. The number of fused-ring (bicyclic) bond motifs is 1. The van der Waals surface area contributed by atoms with E-state index in [9.17, 15) is 9.59 Å². The van der Waals surface area contributed by atoms with Gasteiger partial charge in [-0.25, -0.2) is 0 Å². The molecule has 2 aromatic carbocycles. The van der Waals surface area contributed by atoms with Crippen molar-refractivity contribution < 1.29 is 9.59 Å². The molecule has 0 aliphatic carbocycles. The van der Waals surface area contributed by atoms with Crippen LogP contribution in [-0.2, 0) is 10.3 Å². The summed E-state index contributed by atoms with van der Waals surface area (Å²) in [6.45, 7) is 8.03. The zero-order valence-electron chi connectivity index (χ0n) is 16.6. The minimum absolute atomic E-state index is 0.0271. The molecule has 0 saturated heterocycles. The summed E-state index contributed by atoms with van der Waals surface area (Å²) in [6.07, 6.45) is 0. The fourth-order valence-corrected chi connectivity index (χ4v) is 4.03. The average Bonchev–Trinajstić information content (AvgIpc) is 2.89. The Labute approximate surface area is 160 Å². The first-order valence-corrected chi connectivity index (χ1v) is 9.34. The Morgan fingerprint density at radius 1 is 1.00 bits per heavy atom. The highest BCUT2D eigenvalue weighted by Crippen LogP contribution is 2.48. The molecular formula is C22H27N3O2. The van der Waals surface area contributed by atoms with E-state index in [4.69, 9.17) is 0 Å². The van der Waals surface area contributed by atoms with E-state index in [1.165, 1.54) is 0 Å². The van der Waals surface area contributed by atoms with Crippen molar-refractivity contribution in [3.8, 4) is 0 Å². The van der Waals surface area contributed by atoms with Crippen LogP contribution in [0.4, 0.5) is 5.69 Å².